The molecule has 2 rings (SSSR count). The fourth-order valence-corrected chi connectivity index (χ4v) is 2.41. The molecule has 0 fully saturated rings. The molecule has 0 aromatic heterocycles. The molecule has 3 amide bonds. The Kier molecular flexibility index (Phi) is 6.93. The molecule has 0 bridgehead atoms. The third-order valence-corrected chi connectivity index (χ3v) is 3.92. The number of hydrazine groups is 1. The van der Waals surface area contributed by atoms with Gasteiger partial charge in [0, 0.05) is 11.3 Å². The minimum atomic E-state index is -0.801. The number of hydrogen-bond acceptors (Lipinski definition) is 4. The van der Waals surface area contributed by atoms with Crippen molar-refractivity contribution in [2.24, 2.45) is 0 Å². The molecule has 7 nitrogen and oxygen atoms in total. The number of nitrogens with one attached hydrogen (secondary N) is 4. The van der Waals surface area contributed by atoms with Crippen LogP contribution in [0.15, 0.2) is 48.5 Å². The monoisotopic (exact) mass is 368 g/mol. The van der Waals surface area contributed by atoms with E-state index in [9.17, 15) is 14.4 Å². The second kappa shape index (κ2) is 9.38. The minimum absolute atomic E-state index is 0.00887. The summed E-state index contributed by atoms with van der Waals surface area (Å²) in [5, 5.41) is 5.59. The molecule has 1 unspecified atom stereocenters. The van der Waals surface area contributed by atoms with Crippen molar-refractivity contribution in [1.82, 2.24) is 16.2 Å². The highest BCUT2D eigenvalue weighted by Gasteiger charge is 2.17. The van der Waals surface area contributed by atoms with Crippen LogP contribution in [0.3, 0.4) is 0 Å². The minimum Gasteiger partial charge on any atom is -0.376 e. The van der Waals surface area contributed by atoms with Crippen molar-refractivity contribution in [3.63, 3.8) is 0 Å². The molecule has 0 saturated carbocycles. The molecule has 142 valence electrons. The first-order chi connectivity index (χ1) is 12.9. The lowest BCUT2D eigenvalue weighted by Gasteiger charge is -2.15. The summed E-state index contributed by atoms with van der Waals surface area (Å²) in [6.45, 7) is 5.49. The number of aryl methyl sites for hydroxylation is 2. The zero-order valence-electron chi connectivity index (χ0n) is 15.6. The molecule has 1 atom stereocenters. The highest BCUT2D eigenvalue weighted by Crippen LogP contribution is 2.15. The zero-order valence-corrected chi connectivity index (χ0v) is 15.6. The Morgan fingerprint density at radius 2 is 1.67 bits per heavy atom. The average Bonchev–Trinajstić information content (AvgIpc) is 2.66. The van der Waals surface area contributed by atoms with Crippen LogP contribution in [0.2, 0.25) is 0 Å². The zero-order chi connectivity index (χ0) is 19.8. The van der Waals surface area contributed by atoms with Crippen LogP contribution >= 0.6 is 0 Å². The molecule has 0 aliphatic carbocycles. The lowest BCUT2D eigenvalue weighted by Crippen LogP contribution is -2.52. The Morgan fingerprint density at radius 3 is 2.33 bits per heavy atom. The number of carbonyl (C=O) groups is 3. The van der Waals surface area contributed by atoms with Gasteiger partial charge in [-0.3, -0.25) is 25.2 Å². The molecule has 4 N–H and O–H groups in total. The Hall–Kier alpha value is -3.35. The highest BCUT2D eigenvalue weighted by molar-refractivity contribution is 5.97. The number of hydrogen-bond donors (Lipinski definition) is 4. The van der Waals surface area contributed by atoms with E-state index in [1.807, 2.05) is 32.0 Å². The predicted molar refractivity (Wildman–Crippen MR) is 104 cm³/mol. The average molecular weight is 368 g/mol. The molecule has 2 aromatic rings. The third kappa shape index (κ3) is 6.14. The lowest BCUT2D eigenvalue weighted by molar-refractivity contribution is -0.128. The fourth-order valence-electron chi connectivity index (χ4n) is 2.41. The molecule has 0 aliphatic heterocycles. The summed E-state index contributed by atoms with van der Waals surface area (Å²) in [5.74, 6) is -1.27. The summed E-state index contributed by atoms with van der Waals surface area (Å²) < 4.78 is 0. The van der Waals surface area contributed by atoms with Gasteiger partial charge >= 0.3 is 0 Å². The lowest BCUT2D eigenvalue weighted by atomic mass is 10.1. The molecule has 0 spiro atoms. The van der Waals surface area contributed by atoms with Crippen molar-refractivity contribution in [3.8, 4) is 0 Å². The highest BCUT2D eigenvalue weighted by atomic mass is 16.2. The van der Waals surface area contributed by atoms with Crippen molar-refractivity contribution in [1.29, 1.82) is 0 Å². The number of benzene rings is 2. The van der Waals surface area contributed by atoms with Gasteiger partial charge in [0.1, 0.15) is 6.04 Å². The number of rotatable bonds is 6. The van der Waals surface area contributed by atoms with E-state index in [0.717, 1.165) is 16.8 Å². The van der Waals surface area contributed by atoms with E-state index in [1.54, 1.807) is 30.3 Å². The van der Waals surface area contributed by atoms with Crippen molar-refractivity contribution in [2.45, 2.75) is 26.8 Å². The van der Waals surface area contributed by atoms with Gasteiger partial charge in [-0.1, -0.05) is 35.9 Å². The maximum atomic E-state index is 12.0. The predicted octanol–water partition coefficient (Wildman–Crippen LogP) is 1.68. The van der Waals surface area contributed by atoms with Crippen LogP contribution in [-0.2, 0) is 9.59 Å². The first-order valence-corrected chi connectivity index (χ1v) is 8.62. The van der Waals surface area contributed by atoms with Crippen molar-refractivity contribution in [3.05, 3.63) is 65.2 Å². The Morgan fingerprint density at radius 1 is 0.963 bits per heavy atom. The first-order valence-electron chi connectivity index (χ1n) is 8.62. The van der Waals surface area contributed by atoms with E-state index in [4.69, 9.17) is 0 Å². The summed E-state index contributed by atoms with van der Waals surface area (Å²) >= 11 is 0. The summed E-state index contributed by atoms with van der Waals surface area (Å²) in [4.78, 5) is 35.9. The maximum Gasteiger partial charge on any atom is 0.260 e. The molecule has 0 saturated heterocycles. The van der Waals surface area contributed by atoms with Gasteiger partial charge in [-0.05, 0) is 44.5 Å². The molecule has 0 radical (unpaired) electrons. The number of anilines is 1. The van der Waals surface area contributed by atoms with Crippen molar-refractivity contribution in [2.75, 3.05) is 11.9 Å². The second-order valence-corrected chi connectivity index (χ2v) is 6.27. The topological polar surface area (TPSA) is 99.3 Å². The number of carbonyl (C=O) groups excluding carboxylic acids is 3. The summed E-state index contributed by atoms with van der Waals surface area (Å²) in [7, 11) is 0. The van der Waals surface area contributed by atoms with Crippen LogP contribution < -0.4 is 21.5 Å². The van der Waals surface area contributed by atoms with Crippen LogP contribution in [0.5, 0.6) is 0 Å². The molecule has 0 aliphatic rings. The first kappa shape index (κ1) is 20.0. The van der Waals surface area contributed by atoms with Gasteiger partial charge in [-0.2, -0.15) is 0 Å². The molecular weight excluding hydrogens is 344 g/mol. The molecule has 0 heterocycles. The van der Waals surface area contributed by atoms with Gasteiger partial charge in [-0.25, -0.2) is 0 Å². The van der Waals surface area contributed by atoms with Gasteiger partial charge in [-0.15, -0.1) is 0 Å². The van der Waals surface area contributed by atoms with Gasteiger partial charge in [0.05, 0.1) is 6.54 Å². The van der Waals surface area contributed by atoms with Gasteiger partial charge in [0.25, 0.3) is 17.7 Å². The van der Waals surface area contributed by atoms with Gasteiger partial charge < -0.3 is 10.6 Å². The van der Waals surface area contributed by atoms with E-state index >= 15 is 0 Å². The molecular formula is C20H24N4O3. The van der Waals surface area contributed by atoms with E-state index in [0.29, 0.717) is 5.56 Å². The van der Waals surface area contributed by atoms with E-state index in [1.165, 1.54) is 6.92 Å². The summed E-state index contributed by atoms with van der Waals surface area (Å²) in [6.07, 6.45) is 0. The van der Waals surface area contributed by atoms with Crippen LogP contribution in [0, 0.1) is 13.8 Å². The molecule has 27 heavy (non-hydrogen) atoms. The van der Waals surface area contributed by atoms with Gasteiger partial charge in [0.2, 0.25) is 0 Å². The standard InChI is InChI=1S/C20H24N4O3/c1-13-9-10-17(14(2)11-13)21-12-18(25)23-24-19(26)15(3)22-20(27)16-7-5-4-6-8-16/h4-11,15,21H,12H2,1-3H3,(H,22,27)(H,23,25)(H,24,26). The molecule has 2 aromatic carbocycles. The van der Waals surface area contributed by atoms with E-state index in [-0.39, 0.29) is 12.5 Å². The van der Waals surface area contributed by atoms with Crippen molar-refractivity contribution < 1.29 is 14.4 Å². The number of amides is 3. The van der Waals surface area contributed by atoms with Crippen LogP contribution in [0.25, 0.3) is 0 Å². The summed E-state index contributed by atoms with van der Waals surface area (Å²) in [5.41, 5.74) is 8.11. The van der Waals surface area contributed by atoms with E-state index < -0.39 is 17.9 Å². The van der Waals surface area contributed by atoms with E-state index in [2.05, 4.69) is 21.5 Å². The van der Waals surface area contributed by atoms with Crippen LogP contribution in [0.4, 0.5) is 5.69 Å². The Balaban J connectivity index is 1.75. The Bertz CT molecular complexity index is 821. The van der Waals surface area contributed by atoms with Crippen LogP contribution in [0.1, 0.15) is 28.4 Å². The third-order valence-electron chi connectivity index (χ3n) is 3.92. The van der Waals surface area contributed by atoms with Crippen molar-refractivity contribution >= 4 is 23.4 Å². The second-order valence-electron chi connectivity index (χ2n) is 6.27. The van der Waals surface area contributed by atoms with Gasteiger partial charge in [0.15, 0.2) is 0 Å². The smallest absolute Gasteiger partial charge is 0.260 e. The fraction of sp³-hybridized carbons (Fsp3) is 0.250. The summed E-state index contributed by atoms with van der Waals surface area (Å²) in [6, 6.07) is 13.6. The normalized spacial score (nSPS) is 11.2. The van der Waals surface area contributed by atoms with Crippen LogP contribution in [-0.4, -0.2) is 30.3 Å². The molecule has 7 heteroatoms. The quantitative estimate of drug-likeness (QED) is 0.583. The maximum absolute atomic E-state index is 12.0. The largest absolute Gasteiger partial charge is 0.376 e. The Labute approximate surface area is 158 Å². The SMILES string of the molecule is Cc1ccc(NCC(=O)NNC(=O)C(C)NC(=O)c2ccccc2)c(C)c1.